The van der Waals surface area contributed by atoms with E-state index in [9.17, 15) is 9.59 Å². The van der Waals surface area contributed by atoms with Crippen LogP contribution in [0.15, 0.2) is 46.7 Å². The molecule has 0 atom stereocenters. The van der Waals surface area contributed by atoms with Crippen molar-refractivity contribution in [2.75, 3.05) is 26.4 Å². The highest BCUT2D eigenvalue weighted by molar-refractivity contribution is 8.00. The first kappa shape index (κ1) is 18.5. The number of amides is 2. The number of carbonyl (C=O) groups is 2. The third-order valence-electron chi connectivity index (χ3n) is 3.56. The van der Waals surface area contributed by atoms with Crippen LogP contribution in [0, 0.1) is 0 Å². The number of nitrogens with zero attached hydrogens (tertiary/aromatic N) is 2. The molecule has 0 unspecified atom stereocenters. The van der Waals surface area contributed by atoms with Crippen LogP contribution in [0.25, 0.3) is 0 Å². The lowest BCUT2D eigenvalue weighted by Gasteiger charge is -2.21. The van der Waals surface area contributed by atoms with Crippen molar-refractivity contribution in [2.24, 2.45) is 0 Å². The van der Waals surface area contributed by atoms with Crippen LogP contribution in [0.3, 0.4) is 0 Å². The summed E-state index contributed by atoms with van der Waals surface area (Å²) in [6, 6.07) is 11.5. The largest absolute Gasteiger partial charge is 0.348 e. The summed E-state index contributed by atoms with van der Waals surface area (Å²) in [6.45, 7) is 3.24. The van der Waals surface area contributed by atoms with Gasteiger partial charge in [-0.1, -0.05) is 18.2 Å². The maximum absolute atomic E-state index is 12.9. The van der Waals surface area contributed by atoms with Crippen LogP contribution in [0.5, 0.6) is 0 Å². The molecule has 2 rings (SSSR count). The molecule has 4 nitrogen and oxygen atoms in total. The van der Waals surface area contributed by atoms with Gasteiger partial charge in [0.05, 0.1) is 17.9 Å². The summed E-state index contributed by atoms with van der Waals surface area (Å²) in [5.41, 5.74) is 0.660. The van der Waals surface area contributed by atoms with Crippen LogP contribution in [0.4, 0.5) is 0 Å². The molecule has 128 valence electrons. The zero-order valence-electron chi connectivity index (χ0n) is 14.2. The third-order valence-corrected chi connectivity index (χ3v) is 5.48. The first-order chi connectivity index (χ1) is 11.5. The van der Waals surface area contributed by atoms with E-state index in [1.807, 2.05) is 53.6 Å². The SMILES string of the molecule is CCN(Cc1cccs1)C(=O)c1ccccc1SCC(=O)N(C)C. The van der Waals surface area contributed by atoms with E-state index in [2.05, 4.69) is 0 Å². The van der Waals surface area contributed by atoms with E-state index in [4.69, 9.17) is 0 Å². The van der Waals surface area contributed by atoms with Gasteiger partial charge in [0, 0.05) is 30.4 Å². The quantitative estimate of drug-likeness (QED) is 0.707. The summed E-state index contributed by atoms with van der Waals surface area (Å²) in [4.78, 5) is 30.1. The summed E-state index contributed by atoms with van der Waals surface area (Å²) >= 11 is 3.06. The summed E-state index contributed by atoms with van der Waals surface area (Å²) in [5.74, 6) is 0.369. The first-order valence-electron chi connectivity index (χ1n) is 7.76. The van der Waals surface area contributed by atoms with Crippen LogP contribution >= 0.6 is 23.1 Å². The highest BCUT2D eigenvalue weighted by Gasteiger charge is 2.19. The van der Waals surface area contributed by atoms with Crippen LogP contribution in [-0.2, 0) is 11.3 Å². The predicted molar refractivity (Wildman–Crippen MR) is 101 cm³/mol. The number of carbonyl (C=O) groups excluding carboxylic acids is 2. The van der Waals surface area contributed by atoms with Crippen molar-refractivity contribution >= 4 is 34.9 Å². The molecule has 0 radical (unpaired) electrons. The van der Waals surface area contributed by atoms with Crippen LogP contribution in [-0.4, -0.2) is 48.0 Å². The van der Waals surface area contributed by atoms with Crippen molar-refractivity contribution in [3.8, 4) is 0 Å². The molecule has 24 heavy (non-hydrogen) atoms. The normalized spacial score (nSPS) is 10.5. The summed E-state index contributed by atoms with van der Waals surface area (Å²) < 4.78 is 0. The minimum Gasteiger partial charge on any atom is -0.348 e. The Morgan fingerprint density at radius 1 is 1.12 bits per heavy atom. The van der Waals surface area contributed by atoms with E-state index >= 15 is 0 Å². The Labute approximate surface area is 151 Å². The maximum atomic E-state index is 12.9. The molecule has 6 heteroatoms. The number of hydrogen-bond acceptors (Lipinski definition) is 4. The lowest BCUT2D eigenvalue weighted by atomic mass is 10.2. The number of hydrogen-bond donors (Lipinski definition) is 0. The predicted octanol–water partition coefficient (Wildman–Crippen LogP) is 3.59. The Bertz CT molecular complexity index is 684. The number of benzene rings is 1. The summed E-state index contributed by atoms with van der Waals surface area (Å²) in [7, 11) is 3.47. The highest BCUT2D eigenvalue weighted by atomic mass is 32.2. The molecular formula is C18H22N2O2S2. The van der Waals surface area contributed by atoms with E-state index in [0.717, 1.165) is 9.77 Å². The zero-order chi connectivity index (χ0) is 17.5. The van der Waals surface area contributed by atoms with Gasteiger partial charge in [-0.2, -0.15) is 0 Å². The molecule has 0 aliphatic carbocycles. The van der Waals surface area contributed by atoms with E-state index < -0.39 is 0 Å². The molecule has 0 fully saturated rings. The third kappa shape index (κ3) is 4.85. The second-order valence-electron chi connectivity index (χ2n) is 5.47. The smallest absolute Gasteiger partial charge is 0.255 e. The minimum absolute atomic E-state index is 0.00584. The van der Waals surface area contributed by atoms with Gasteiger partial charge in [-0.05, 0) is 30.5 Å². The Balaban J connectivity index is 2.14. The molecule has 1 aromatic carbocycles. The Hall–Kier alpha value is -1.79. The van der Waals surface area contributed by atoms with E-state index in [1.54, 1.807) is 30.3 Å². The van der Waals surface area contributed by atoms with Gasteiger partial charge in [0.15, 0.2) is 0 Å². The van der Waals surface area contributed by atoms with Gasteiger partial charge in [0.2, 0.25) is 5.91 Å². The monoisotopic (exact) mass is 362 g/mol. The molecule has 0 saturated carbocycles. The van der Waals surface area contributed by atoms with Gasteiger partial charge in [0.1, 0.15) is 0 Å². The molecular weight excluding hydrogens is 340 g/mol. The lowest BCUT2D eigenvalue weighted by molar-refractivity contribution is -0.125. The van der Waals surface area contributed by atoms with Gasteiger partial charge in [0.25, 0.3) is 5.91 Å². The molecule has 1 heterocycles. The fourth-order valence-electron chi connectivity index (χ4n) is 2.13. The minimum atomic E-state index is 0.00584. The molecule has 0 saturated heterocycles. The zero-order valence-corrected chi connectivity index (χ0v) is 15.8. The number of rotatable bonds is 7. The Morgan fingerprint density at radius 2 is 1.88 bits per heavy atom. The average molecular weight is 363 g/mol. The van der Waals surface area contributed by atoms with E-state index in [0.29, 0.717) is 24.4 Å². The molecule has 2 aromatic rings. The van der Waals surface area contributed by atoms with Crippen molar-refractivity contribution in [3.05, 3.63) is 52.2 Å². The highest BCUT2D eigenvalue weighted by Crippen LogP contribution is 2.25. The van der Waals surface area contributed by atoms with Gasteiger partial charge < -0.3 is 9.80 Å². The van der Waals surface area contributed by atoms with E-state index in [-0.39, 0.29) is 11.8 Å². The van der Waals surface area contributed by atoms with Crippen LogP contribution in [0.2, 0.25) is 0 Å². The molecule has 0 bridgehead atoms. The second-order valence-corrected chi connectivity index (χ2v) is 7.52. The number of thiophene rings is 1. The fourth-order valence-corrected chi connectivity index (χ4v) is 3.87. The molecule has 0 N–H and O–H groups in total. The molecule has 0 aliphatic heterocycles. The van der Waals surface area contributed by atoms with Crippen molar-refractivity contribution in [1.29, 1.82) is 0 Å². The van der Waals surface area contributed by atoms with Crippen molar-refractivity contribution in [1.82, 2.24) is 9.80 Å². The number of thioether (sulfide) groups is 1. The Kier molecular flexibility index (Phi) is 6.87. The van der Waals surface area contributed by atoms with Crippen molar-refractivity contribution in [2.45, 2.75) is 18.4 Å². The van der Waals surface area contributed by atoms with Crippen molar-refractivity contribution in [3.63, 3.8) is 0 Å². The first-order valence-corrected chi connectivity index (χ1v) is 9.63. The van der Waals surface area contributed by atoms with Gasteiger partial charge >= 0.3 is 0 Å². The topological polar surface area (TPSA) is 40.6 Å². The molecule has 1 aromatic heterocycles. The lowest BCUT2D eigenvalue weighted by Crippen LogP contribution is -2.30. The summed E-state index contributed by atoms with van der Waals surface area (Å²) in [6.07, 6.45) is 0. The average Bonchev–Trinajstić information content (AvgIpc) is 3.10. The van der Waals surface area contributed by atoms with Crippen molar-refractivity contribution < 1.29 is 9.59 Å². The van der Waals surface area contributed by atoms with Gasteiger partial charge in [-0.15, -0.1) is 23.1 Å². The molecule has 0 spiro atoms. The second kappa shape index (κ2) is 8.89. The Morgan fingerprint density at radius 3 is 2.50 bits per heavy atom. The van der Waals surface area contributed by atoms with Crippen LogP contribution < -0.4 is 0 Å². The van der Waals surface area contributed by atoms with Gasteiger partial charge in [-0.3, -0.25) is 9.59 Å². The fraction of sp³-hybridized carbons (Fsp3) is 0.333. The standard InChI is InChI=1S/C18H22N2O2S2/c1-4-20(12-14-8-7-11-23-14)18(22)15-9-5-6-10-16(15)24-13-17(21)19(2)3/h5-11H,4,12-13H2,1-3H3. The van der Waals surface area contributed by atoms with Gasteiger partial charge in [-0.25, -0.2) is 0 Å². The molecule has 2 amide bonds. The summed E-state index contributed by atoms with van der Waals surface area (Å²) in [5, 5.41) is 2.02. The van der Waals surface area contributed by atoms with Crippen LogP contribution in [0.1, 0.15) is 22.2 Å². The molecule has 0 aliphatic rings. The van der Waals surface area contributed by atoms with E-state index in [1.165, 1.54) is 11.8 Å². The maximum Gasteiger partial charge on any atom is 0.255 e.